The highest BCUT2D eigenvalue weighted by molar-refractivity contribution is 7.89. The van der Waals surface area contributed by atoms with Gasteiger partial charge in [0, 0.05) is 24.7 Å². The van der Waals surface area contributed by atoms with Crippen LogP contribution in [0, 0.1) is 23.1 Å². The zero-order valence-corrected chi connectivity index (χ0v) is 14.8. The van der Waals surface area contributed by atoms with Gasteiger partial charge in [0.2, 0.25) is 15.9 Å². The van der Waals surface area contributed by atoms with Gasteiger partial charge in [-0.25, -0.2) is 17.1 Å². The molecular weight excluding hydrogens is 331 g/mol. The molecule has 1 aliphatic heterocycles. The van der Waals surface area contributed by atoms with Gasteiger partial charge in [0.15, 0.2) is 0 Å². The summed E-state index contributed by atoms with van der Waals surface area (Å²) in [5, 5.41) is 2.73. The van der Waals surface area contributed by atoms with Crippen molar-refractivity contribution in [3.63, 3.8) is 0 Å². The molecule has 1 spiro atoms. The standard InChI is InChI=1S/C17H23FN2O3S/c1-12(2)10-24(22,23)20-7-6-17(11-20)9-15(17)16(21)19-14-5-3-4-13(18)8-14/h3-5,8,12,15H,6-7,9-11H2,1-2H3,(H,19,21). The first-order valence-corrected chi connectivity index (χ1v) is 9.87. The molecule has 1 saturated heterocycles. The second-order valence-corrected chi connectivity index (χ2v) is 9.39. The third kappa shape index (κ3) is 3.47. The van der Waals surface area contributed by atoms with Crippen molar-refractivity contribution >= 4 is 21.6 Å². The molecule has 132 valence electrons. The highest BCUT2D eigenvalue weighted by Gasteiger charge is 2.62. The summed E-state index contributed by atoms with van der Waals surface area (Å²) in [5.41, 5.74) is 0.200. The van der Waals surface area contributed by atoms with Gasteiger partial charge in [-0.05, 0) is 42.4 Å². The zero-order chi connectivity index (χ0) is 17.5. The fourth-order valence-corrected chi connectivity index (χ4v) is 5.46. The van der Waals surface area contributed by atoms with Crippen LogP contribution < -0.4 is 5.32 Å². The van der Waals surface area contributed by atoms with Gasteiger partial charge >= 0.3 is 0 Å². The van der Waals surface area contributed by atoms with E-state index in [1.54, 1.807) is 12.1 Å². The summed E-state index contributed by atoms with van der Waals surface area (Å²) in [7, 11) is -3.25. The van der Waals surface area contributed by atoms with Gasteiger partial charge in [-0.2, -0.15) is 0 Å². The Hall–Kier alpha value is -1.47. The molecule has 1 aromatic carbocycles. The van der Waals surface area contributed by atoms with Crippen molar-refractivity contribution in [1.82, 2.24) is 4.31 Å². The lowest BCUT2D eigenvalue weighted by atomic mass is 10.0. The molecule has 0 bridgehead atoms. The maximum absolute atomic E-state index is 13.2. The van der Waals surface area contributed by atoms with E-state index < -0.39 is 15.8 Å². The number of carbonyl (C=O) groups is 1. The minimum atomic E-state index is -3.25. The lowest BCUT2D eigenvalue weighted by Crippen LogP contribution is -2.33. The maximum Gasteiger partial charge on any atom is 0.228 e. The van der Waals surface area contributed by atoms with E-state index in [4.69, 9.17) is 0 Å². The van der Waals surface area contributed by atoms with Crippen LogP contribution >= 0.6 is 0 Å². The molecule has 0 radical (unpaired) electrons. The quantitative estimate of drug-likeness (QED) is 0.883. The van der Waals surface area contributed by atoms with E-state index in [1.807, 2.05) is 13.8 Å². The Morgan fingerprint density at radius 2 is 2.21 bits per heavy atom. The summed E-state index contributed by atoms with van der Waals surface area (Å²) in [6, 6.07) is 5.79. The van der Waals surface area contributed by atoms with E-state index in [0.717, 1.165) is 0 Å². The van der Waals surface area contributed by atoms with Gasteiger partial charge < -0.3 is 5.32 Å². The van der Waals surface area contributed by atoms with E-state index >= 15 is 0 Å². The van der Waals surface area contributed by atoms with Crippen molar-refractivity contribution < 1.29 is 17.6 Å². The van der Waals surface area contributed by atoms with Crippen LogP contribution in [0.3, 0.4) is 0 Å². The fourth-order valence-electron chi connectivity index (χ4n) is 3.59. The van der Waals surface area contributed by atoms with Crippen molar-refractivity contribution in [3.05, 3.63) is 30.1 Å². The summed E-state index contributed by atoms with van der Waals surface area (Å²) in [4.78, 5) is 12.4. The largest absolute Gasteiger partial charge is 0.326 e. The van der Waals surface area contributed by atoms with Crippen LogP contribution in [-0.2, 0) is 14.8 Å². The zero-order valence-electron chi connectivity index (χ0n) is 14.0. The number of nitrogens with one attached hydrogen (secondary N) is 1. The van der Waals surface area contributed by atoms with Gasteiger partial charge in [-0.3, -0.25) is 4.79 Å². The van der Waals surface area contributed by atoms with Gasteiger partial charge in [0.1, 0.15) is 5.82 Å². The summed E-state index contributed by atoms with van der Waals surface area (Å²) >= 11 is 0. The summed E-state index contributed by atoms with van der Waals surface area (Å²) in [6.45, 7) is 4.67. The third-order valence-corrected chi connectivity index (χ3v) is 7.07. The van der Waals surface area contributed by atoms with E-state index in [-0.39, 0.29) is 28.9 Å². The molecule has 1 N–H and O–H groups in total. The molecule has 0 aromatic heterocycles. The molecule has 3 rings (SSSR count). The molecule has 1 saturated carbocycles. The monoisotopic (exact) mass is 354 g/mol. The molecule has 1 aliphatic carbocycles. The van der Waals surface area contributed by atoms with Crippen molar-refractivity contribution in [2.75, 3.05) is 24.2 Å². The Morgan fingerprint density at radius 1 is 1.46 bits per heavy atom. The Balaban J connectivity index is 1.61. The van der Waals surface area contributed by atoms with E-state index in [2.05, 4.69) is 5.32 Å². The van der Waals surface area contributed by atoms with Crippen LogP contribution in [0.25, 0.3) is 0 Å². The highest BCUT2D eigenvalue weighted by atomic mass is 32.2. The van der Waals surface area contributed by atoms with Crippen LogP contribution in [0.4, 0.5) is 10.1 Å². The first-order valence-electron chi connectivity index (χ1n) is 8.26. The number of nitrogens with zero attached hydrogens (tertiary/aromatic N) is 1. The topological polar surface area (TPSA) is 66.5 Å². The molecule has 24 heavy (non-hydrogen) atoms. The fraction of sp³-hybridized carbons (Fsp3) is 0.588. The van der Waals surface area contributed by atoms with Crippen molar-refractivity contribution in [1.29, 1.82) is 0 Å². The number of sulfonamides is 1. The number of anilines is 1. The van der Waals surface area contributed by atoms with Crippen LogP contribution in [0.15, 0.2) is 24.3 Å². The van der Waals surface area contributed by atoms with Gasteiger partial charge in [-0.1, -0.05) is 19.9 Å². The van der Waals surface area contributed by atoms with Crippen LogP contribution in [0.1, 0.15) is 26.7 Å². The SMILES string of the molecule is CC(C)CS(=O)(=O)N1CCC2(CC2C(=O)Nc2cccc(F)c2)C1. The van der Waals surface area contributed by atoms with E-state index in [9.17, 15) is 17.6 Å². The average Bonchev–Trinajstić information content (AvgIpc) is 2.97. The van der Waals surface area contributed by atoms with E-state index in [1.165, 1.54) is 16.4 Å². The number of benzene rings is 1. The molecule has 5 nitrogen and oxygen atoms in total. The minimum absolute atomic E-state index is 0.0813. The third-order valence-electron chi connectivity index (χ3n) is 4.89. The molecule has 1 aromatic rings. The first-order chi connectivity index (χ1) is 11.2. The van der Waals surface area contributed by atoms with E-state index in [0.29, 0.717) is 31.6 Å². The molecule has 1 heterocycles. The normalized spacial score (nSPS) is 26.9. The maximum atomic E-state index is 13.2. The van der Waals surface area contributed by atoms with Gasteiger partial charge in [-0.15, -0.1) is 0 Å². The molecule has 2 unspecified atom stereocenters. The smallest absolute Gasteiger partial charge is 0.228 e. The first kappa shape index (κ1) is 17.4. The lowest BCUT2D eigenvalue weighted by Gasteiger charge is -2.18. The number of carbonyl (C=O) groups excluding carboxylic acids is 1. The predicted molar refractivity (Wildman–Crippen MR) is 90.4 cm³/mol. The molecule has 2 atom stereocenters. The van der Waals surface area contributed by atoms with Crippen LogP contribution in [0.5, 0.6) is 0 Å². The van der Waals surface area contributed by atoms with Crippen molar-refractivity contribution in [2.45, 2.75) is 26.7 Å². The second kappa shape index (κ2) is 6.11. The van der Waals surface area contributed by atoms with Gasteiger partial charge in [0.05, 0.1) is 5.75 Å². The minimum Gasteiger partial charge on any atom is -0.326 e. The number of halogens is 1. The van der Waals surface area contributed by atoms with Crippen molar-refractivity contribution in [3.8, 4) is 0 Å². The summed E-state index contributed by atoms with van der Waals surface area (Å²) in [5.74, 6) is -0.518. The van der Waals surface area contributed by atoms with Gasteiger partial charge in [0.25, 0.3) is 0 Å². The predicted octanol–water partition coefficient (Wildman–Crippen LogP) is 2.46. The Morgan fingerprint density at radius 3 is 2.88 bits per heavy atom. The Labute approximate surface area is 142 Å². The summed E-state index contributed by atoms with van der Waals surface area (Å²) < 4.78 is 39.4. The van der Waals surface area contributed by atoms with Crippen molar-refractivity contribution in [2.24, 2.45) is 17.3 Å². The van der Waals surface area contributed by atoms with Crippen LogP contribution in [-0.4, -0.2) is 37.5 Å². The lowest BCUT2D eigenvalue weighted by molar-refractivity contribution is -0.118. The molecule has 1 amide bonds. The van der Waals surface area contributed by atoms with Crippen LogP contribution in [0.2, 0.25) is 0 Å². The highest BCUT2D eigenvalue weighted by Crippen LogP contribution is 2.59. The molecule has 7 heteroatoms. The number of hydrogen-bond donors (Lipinski definition) is 1. The molecule has 2 aliphatic rings. The second-order valence-electron chi connectivity index (χ2n) is 7.37. The number of rotatable bonds is 5. The Bertz CT molecular complexity index is 750. The summed E-state index contributed by atoms with van der Waals surface area (Å²) in [6.07, 6.45) is 1.41. The number of amides is 1. The Kier molecular flexibility index (Phi) is 4.42. The molecular formula is C17H23FN2O3S. The molecule has 2 fully saturated rings. The average molecular weight is 354 g/mol. The number of hydrogen-bond acceptors (Lipinski definition) is 3.